The van der Waals surface area contributed by atoms with Crippen LogP contribution < -0.4 is 5.32 Å². The second kappa shape index (κ2) is 7.14. The van der Waals surface area contributed by atoms with Crippen molar-refractivity contribution in [3.63, 3.8) is 0 Å². The van der Waals surface area contributed by atoms with Crippen LogP contribution in [0.5, 0.6) is 0 Å². The molecule has 5 heteroatoms. The molecule has 1 rings (SSSR count). The average Bonchev–Trinajstić information content (AvgIpc) is 2.33. The van der Waals surface area contributed by atoms with E-state index in [9.17, 15) is 9.59 Å². The van der Waals surface area contributed by atoms with E-state index in [0.717, 1.165) is 0 Å². The number of hydrogen-bond donors (Lipinski definition) is 1. The van der Waals surface area contributed by atoms with Crippen LogP contribution in [0, 0.1) is 0 Å². The molecule has 0 fully saturated rings. The highest BCUT2D eigenvalue weighted by atomic mass is 35.5. The summed E-state index contributed by atoms with van der Waals surface area (Å²) < 4.78 is 0. The lowest BCUT2D eigenvalue weighted by atomic mass is 10.2. The Labute approximate surface area is 118 Å². The van der Waals surface area contributed by atoms with Gasteiger partial charge in [-0.2, -0.15) is 0 Å². The molecule has 0 saturated heterocycles. The van der Waals surface area contributed by atoms with Crippen molar-refractivity contribution in [2.75, 3.05) is 13.1 Å². The Kier molecular flexibility index (Phi) is 5.83. The predicted molar refractivity (Wildman–Crippen MR) is 76.3 cm³/mol. The Balaban J connectivity index is 2.49. The van der Waals surface area contributed by atoms with E-state index in [2.05, 4.69) is 5.32 Å². The van der Waals surface area contributed by atoms with Gasteiger partial charge in [-0.15, -0.1) is 0 Å². The Morgan fingerprint density at radius 1 is 1.37 bits per heavy atom. The molecule has 0 atom stereocenters. The quantitative estimate of drug-likeness (QED) is 0.901. The number of carbonyl (C=O) groups excluding carboxylic acids is 2. The molecule has 0 radical (unpaired) electrons. The minimum atomic E-state index is -0.185. The summed E-state index contributed by atoms with van der Waals surface area (Å²) in [6.45, 7) is 6.33. The first-order valence-corrected chi connectivity index (χ1v) is 6.60. The van der Waals surface area contributed by atoms with Crippen molar-refractivity contribution < 1.29 is 9.59 Å². The third kappa shape index (κ3) is 4.91. The van der Waals surface area contributed by atoms with E-state index in [1.54, 1.807) is 29.2 Å². The van der Waals surface area contributed by atoms with Gasteiger partial charge < -0.3 is 10.2 Å². The first kappa shape index (κ1) is 15.5. The summed E-state index contributed by atoms with van der Waals surface area (Å²) in [5.74, 6) is -0.179. The molecule has 1 aromatic rings. The molecule has 0 aliphatic heterocycles. The standard InChI is InChI=1S/C14H19ClN2O2/c1-10(2)17(11(3)18)8-7-16-14(19)12-5-4-6-13(15)9-12/h4-6,9-10H,7-8H2,1-3H3,(H,16,19). The van der Waals surface area contributed by atoms with E-state index >= 15 is 0 Å². The Bertz CT molecular complexity index is 461. The molecule has 104 valence electrons. The minimum absolute atomic E-state index is 0.00649. The van der Waals surface area contributed by atoms with Gasteiger partial charge >= 0.3 is 0 Å². The fourth-order valence-electron chi connectivity index (χ4n) is 1.80. The van der Waals surface area contributed by atoms with E-state index in [1.807, 2.05) is 13.8 Å². The van der Waals surface area contributed by atoms with Gasteiger partial charge in [0.25, 0.3) is 5.91 Å². The summed E-state index contributed by atoms with van der Waals surface area (Å²) in [4.78, 5) is 24.9. The van der Waals surface area contributed by atoms with Gasteiger partial charge in [0.2, 0.25) is 5.91 Å². The molecule has 0 aromatic heterocycles. The van der Waals surface area contributed by atoms with Crippen LogP contribution in [0.2, 0.25) is 5.02 Å². The Morgan fingerprint density at radius 2 is 2.05 bits per heavy atom. The summed E-state index contributed by atoms with van der Waals surface area (Å²) in [7, 11) is 0. The van der Waals surface area contributed by atoms with Crippen molar-refractivity contribution >= 4 is 23.4 Å². The van der Waals surface area contributed by atoms with Crippen LogP contribution in [0.15, 0.2) is 24.3 Å². The zero-order valence-corrected chi connectivity index (χ0v) is 12.2. The van der Waals surface area contributed by atoms with Crippen LogP contribution in [-0.2, 0) is 4.79 Å². The predicted octanol–water partition coefficient (Wildman–Crippen LogP) is 2.33. The molecule has 4 nitrogen and oxygen atoms in total. The summed E-state index contributed by atoms with van der Waals surface area (Å²) in [6, 6.07) is 6.89. The normalized spacial score (nSPS) is 10.4. The number of benzene rings is 1. The first-order chi connectivity index (χ1) is 8.91. The lowest BCUT2D eigenvalue weighted by molar-refractivity contribution is -0.130. The molecule has 0 saturated carbocycles. The minimum Gasteiger partial charge on any atom is -0.350 e. The molecule has 19 heavy (non-hydrogen) atoms. The van der Waals surface area contributed by atoms with E-state index in [1.165, 1.54) is 6.92 Å². The molecule has 0 unspecified atom stereocenters. The SMILES string of the molecule is CC(=O)N(CCNC(=O)c1cccc(Cl)c1)C(C)C. The third-order valence-corrected chi connectivity index (χ3v) is 2.99. The average molecular weight is 283 g/mol. The zero-order chi connectivity index (χ0) is 14.4. The number of carbonyl (C=O) groups is 2. The second-order valence-corrected chi connectivity index (χ2v) is 5.01. The monoisotopic (exact) mass is 282 g/mol. The van der Waals surface area contributed by atoms with Gasteiger partial charge in [0, 0.05) is 36.6 Å². The van der Waals surface area contributed by atoms with E-state index in [0.29, 0.717) is 23.7 Å². The third-order valence-electron chi connectivity index (χ3n) is 2.75. The molecule has 0 aliphatic rings. The summed E-state index contributed by atoms with van der Waals surface area (Å²) in [5.41, 5.74) is 0.520. The number of nitrogens with one attached hydrogen (secondary N) is 1. The lowest BCUT2D eigenvalue weighted by Gasteiger charge is -2.25. The van der Waals surface area contributed by atoms with Crippen LogP contribution in [0.4, 0.5) is 0 Å². The van der Waals surface area contributed by atoms with Crippen molar-refractivity contribution in [2.45, 2.75) is 26.8 Å². The molecule has 2 amide bonds. The van der Waals surface area contributed by atoms with Crippen LogP contribution in [0.25, 0.3) is 0 Å². The highest BCUT2D eigenvalue weighted by Crippen LogP contribution is 2.10. The van der Waals surface area contributed by atoms with Crippen LogP contribution >= 0.6 is 11.6 Å². The second-order valence-electron chi connectivity index (χ2n) is 4.57. The van der Waals surface area contributed by atoms with E-state index in [4.69, 9.17) is 11.6 Å². The van der Waals surface area contributed by atoms with Crippen LogP contribution in [0.1, 0.15) is 31.1 Å². The Morgan fingerprint density at radius 3 is 2.58 bits per heavy atom. The number of rotatable bonds is 5. The molecular formula is C14H19ClN2O2. The number of nitrogens with zero attached hydrogens (tertiary/aromatic N) is 1. The van der Waals surface area contributed by atoms with Crippen molar-refractivity contribution in [3.05, 3.63) is 34.9 Å². The maximum absolute atomic E-state index is 11.8. The van der Waals surface area contributed by atoms with Gasteiger partial charge in [0.15, 0.2) is 0 Å². The maximum atomic E-state index is 11.8. The fourth-order valence-corrected chi connectivity index (χ4v) is 1.99. The summed E-state index contributed by atoms with van der Waals surface area (Å²) >= 11 is 5.82. The van der Waals surface area contributed by atoms with Gasteiger partial charge in [0.05, 0.1) is 0 Å². The molecular weight excluding hydrogens is 264 g/mol. The van der Waals surface area contributed by atoms with Crippen molar-refractivity contribution in [1.82, 2.24) is 10.2 Å². The molecule has 0 bridgehead atoms. The van der Waals surface area contributed by atoms with Crippen LogP contribution in [-0.4, -0.2) is 35.8 Å². The van der Waals surface area contributed by atoms with Crippen LogP contribution in [0.3, 0.4) is 0 Å². The molecule has 0 spiro atoms. The largest absolute Gasteiger partial charge is 0.350 e. The van der Waals surface area contributed by atoms with Crippen molar-refractivity contribution in [2.24, 2.45) is 0 Å². The van der Waals surface area contributed by atoms with E-state index < -0.39 is 0 Å². The Hall–Kier alpha value is -1.55. The molecule has 1 aromatic carbocycles. The molecule has 1 N–H and O–H groups in total. The highest BCUT2D eigenvalue weighted by Gasteiger charge is 2.12. The highest BCUT2D eigenvalue weighted by molar-refractivity contribution is 6.30. The number of amides is 2. The zero-order valence-electron chi connectivity index (χ0n) is 11.4. The maximum Gasteiger partial charge on any atom is 0.251 e. The summed E-state index contributed by atoms with van der Waals surface area (Å²) in [6.07, 6.45) is 0. The first-order valence-electron chi connectivity index (χ1n) is 6.22. The van der Waals surface area contributed by atoms with Gasteiger partial charge in [-0.25, -0.2) is 0 Å². The van der Waals surface area contributed by atoms with E-state index in [-0.39, 0.29) is 17.9 Å². The topological polar surface area (TPSA) is 49.4 Å². The summed E-state index contributed by atoms with van der Waals surface area (Å²) in [5, 5.41) is 3.30. The van der Waals surface area contributed by atoms with Crippen molar-refractivity contribution in [1.29, 1.82) is 0 Å². The lowest BCUT2D eigenvalue weighted by Crippen LogP contribution is -2.41. The smallest absolute Gasteiger partial charge is 0.251 e. The van der Waals surface area contributed by atoms with Gasteiger partial charge in [-0.3, -0.25) is 9.59 Å². The van der Waals surface area contributed by atoms with Gasteiger partial charge in [0.1, 0.15) is 0 Å². The number of halogens is 1. The molecule has 0 aliphatic carbocycles. The fraction of sp³-hybridized carbons (Fsp3) is 0.429. The molecule has 0 heterocycles. The number of hydrogen-bond acceptors (Lipinski definition) is 2. The van der Waals surface area contributed by atoms with Gasteiger partial charge in [-0.05, 0) is 32.0 Å². The van der Waals surface area contributed by atoms with Gasteiger partial charge in [-0.1, -0.05) is 17.7 Å². The van der Waals surface area contributed by atoms with Crippen molar-refractivity contribution in [3.8, 4) is 0 Å².